The van der Waals surface area contributed by atoms with Crippen molar-refractivity contribution < 1.29 is 0 Å². The van der Waals surface area contributed by atoms with Crippen LogP contribution < -0.4 is 0 Å². The molecule has 0 fully saturated rings. The number of aromatic nitrogens is 3. The van der Waals surface area contributed by atoms with Gasteiger partial charge in [-0.1, -0.05) is 19.1 Å². The molecule has 82 valence electrons. The lowest BCUT2D eigenvalue weighted by Crippen LogP contribution is -2.05. The molecule has 4 nitrogen and oxygen atoms in total. The van der Waals surface area contributed by atoms with E-state index in [-0.39, 0.29) is 0 Å². The first-order chi connectivity index (χ1) is 7.19. The molecule has 0 saturated heterocycles. The summed E-state index contributed by atoms with van der Waals surface area (Å²) in [5.74, 6) is 0.667. The third kappa shape index (κ3) is 3.05. The molecule has 0 spiro atoms. The van der Waals surface area contributed by atoms with Crippen LogP contribution in [0.15, 0.2) is 0 Å². The van der Waals surface area contributed by atoms with Crippen molar-refractivity contribution in [1.29, 1.82) is 5.26 Å². The average molecular weight is 206 g/mol. The van der Waals surface area contributed by atoms with Crippen molar-refractivity contribution in [3.63, 3.8) is 0 Å². The van der Waals surface area contributed by atoms with Crippen LogP contribution in [-0.4, -0.2) is 15.0 Å². The minimum absolute atomic E-state index is 0.368. The maximum atomic E-state index is 8.68. The molecule has 0 atom stereocenters. The van der Waals surface area contributed by atoms with Crippen molar-refractivity contribution >= 4 is 0 Å². The van der Waals surface area contributed by atoms with Gasteiger partial charge in [0.2, 0.25) is 0 Å². The van der Waals surface area contributed by atoms with Gasteiger partial charge in [0.05, 0.1) is 23.9 Å². The number of nitriles is 1. The number of nitrogens with zero attached hydrogens (tertiary/aromatic N) is 4. The second-order valence-corrected chi connectivity index (χ2v) is 4.07. The van der Waals surface area contributed by atoms with Gasteiger partial charge in [-0.25, -0.2) is 4.68 Å². The second-order valence-electron chi connectivity index (χ2n) is 4.07. The van der Waals surface area contributed by atoms with E-state index in [2.05, 4.69) is 30.2 Å². The van der Waals surface area contributed by atoms with Crippen LogP contribution in [0.2, 0.25) is 0 Å². The Bertz CT molecular complexity index is 346. The molecule has 0 bridgehead atoms. The molecule has 1 rings (SSSR count). The lowest BCUT2D eigenvalue weighted by Gasteiger charge is -2.06. The molecule has 1 aromatic rings. The highest BCUT2D eigenvalue weighted by molar-refractivity contribution is 5.14. The molecule has 0 unspecified atom stereocenters. The summed E-state index contributed by atoms with van der Waals surface area (Å²) in [5.41, 5.74) is 1.98. The van der Waals surface area contributed by atoms with E-state index >= 15 is 0 Å². The zero-order valence-electron chi connectivity index (χ0n) is 9.69. The highest BCUT2D eigenvalue weighted by Gasteiger charge is 2.11. The smallest absolute Gasteiger partial charge is 0.0999 e. The first-order valence-electron chi connectivity index (χ1n) is 5.47. The van der Waals surface area contributed by atoms with Crippen molar-refractivity contribution in [3.8, 4) is 6.07 Å². The molecular formula is C11H18N4. The lowest BCUT2D eigenvalue weighted by atomic mass is 10.0. The van der Waals surface area contributed by atoms with E-state index in [1.165, 1.54) is 0 Å². The quantitative estimate of drug-likeness (QED) is 0.740. The Hall–Kier alpha value is -1.37. The van der Waals surface area contributed by atoms with E-state index in [1.54, 1.807) is 0 Å². The molecule has 0 aromatic carbocycles. The summed E-state index contributed by atoms with van der Waals surface area (Å²) in [5, 5.41) is 16.8. The van der Waals surface area contributed by atoms with Crippen LogP contribution >= 0.6 is 0 Å². The van der Waals surface area contributed by atoms with E-state index in [1.807, 2.05) is 11.6 Å². The van der Waals surface area contributed by atoms with E-state index in [9.17, 15) is 0 Å². The largest absolute Gasteiger partial charge is 0.249 e. The van der Waals surface area contributed by atoms with Crippen molar-refractivity contribution in [2.75, 3.05) is 0 Å². The van der Waals surface area contributed by atoms with Crippen LogP contribution in [-0.2, 0) is 19.4 Å². The van der Waals surface area contributed by atoms with Gasteiger partial charge in [0.15, 0.2) is 0 Å². The Labute approximate surface area is 90.9 Å². The lowest BCUT2D eigenvalue weighted by molar-refractivity contribution is 0.541. The Morgan fingerprint density at radius 3 is 2.73 bits per heavy atom. The fourth-order valence-corrected chi connectivity index (χ4v) is 1.53. The standard InChI is InChI=1S/C11H18N4/c1-4-15-11(6-5-9(2)3)10(7-8-12)13-14-15/h9H,4-7H2,1-3H3. The fraction of sp³-hybridized carbons (Fsp3) is 0.727. The predicted octanol–water partition coefficient (Wildman–Crippen LogP) is 1.95. The highest BCUT2D eigenvalue weighted by atomic mass is 15.4. The molecule has 0 saturated carbocycles. The van der Waals surface area contributed by atoms with Gasteiger partial charge in [-0.3, -0.25) is 0 Å². The minimum Gasteiger partial charge on any atom is -0.249 e. The van der Waals surface area contributed by atoms with Crippen LogP contribution in [0.5, 0.6) is 0 Å². The van der Waals surface area contributed by atoms with Crippen molar-refractivity contribution in [2.45, 2.75) is 46.6 Å². The Kier molecular flexibility index (Phi) is 4.29. The van der Waals surface area contributed by atoms with Crippen LogP contribution in [0.25, 0.3) is 0 Å². The molecule has 0 aliphatic rings. The van der Waals surface area contributed by atoms with Crippen LogP contribution in [0.3, 0.4) is 0 Å². The van der Waals surface area contributed by atoms with Gasteiger partial charge >= 0.3 is 0 Å². The molecule has 4 heteroatoms. The molecular weight excluding hydrogens is 188 g/mol. The van der Waals surface area contributed by atoms with Gasteiger partial charge in [0, 0.05) is 6.54 Å². The van der Waals surface area contributed by atoms with Crippen molar-refractivity contribution in [3.05, 3.63) is 11.4 Å². The SMILES string of the molecule is CCn1nnc(CC#N)c1CCC(C)C. The van der Waals surface area contributed by atoms with Gasteiger partial charge in [0.25, 0.3) is 0 Å². The monoisotopic (exact) mass is 206 g/mol. The van der Waals surface area contributed by atoms with E-state index < -0.39 is 0 Å². The van der Waals surface area contributed by atoms with Gasteiger partial charge < -0.3 is 0 Å². The Morgan fingerprint density at radius 2 is 2.20 bits per heavy atom. The number of hydrogen-bond donors (Lipinski definition) is 0. The van der Waals surface area contributed by atoms with Gasteiger partial charge in [-0.05, 0) is 25.7 Å². The molecule has 1 heterocycles. The maximum absolute atomic E-state index is 8.68. The topological polar surface area (TPSA) is 54.5 Å². The first kappa shape index (κ1) is 11.7. The summed E-state index contributed by atoms with van der Waals surface area (Å²) in [6.45, 7) is 7.27. The van der Waals surface area contributed by atoms with Crippen molar-refractivity contribution in [1.82, 2.24) is 15.0 Å². The van der Waals surface area contributed by atoms with Gasteiger partial charge in [-0.15, -0.1) is 5.10 Å². The summed E-state index contributed by atoms with van der Waals surface area (Å²) in [6, 6.07) is 2.13. The maximum Gasteiger partial charge on any atom is 0.0999 e. The number of hydrogen-bond acceptors (Lipinski definition) is 3. The Morgan fingerprint density at radius 1 is 1.47 bits per heavy atom. The molecule has 0 N–H and O–H groups in total. The summed E-state index contributed by atoms with van der Waals surface area (Å²) in [6.07, 6.45) is 2.45. The van der Waals surface area contributed by atoms with Gasteiger partial charge in [0.1, 0.15) is 0 Å². The molecule has 1 aromatic heterocycles. The van der Waals surface area contributed by atoms with E-state index in [0.717, 1.165) is 30.8 Å². The van der Waals surface area contributed by atoms with E-state index in [4.69, 9.17) is 5.26 Å². The summed E-state index contributed by atoms with van der Waals surface area (Å²) in [7, 11) is 0. The zero-order chi connectivity index (χ0) is 11.3. The van der Waals surface area contributed by atoms with Crippen LogP contribution in [0.1, 0.15) is 38.6 Å². The zero-order valence-corrected chi connectivity index (χ0v) is 9.69. The summed E-state index contributed by atoms with van der Waals surface area (Å²) < 4.78 is 1.90. The number of rotatable bonds is 5. The van der Waals surface area contributed by atoms with Gasteiger partial charge in [-0.2, -0.15) is 5.26 Å². The third-order valence-electron chi connectivity index (χ3n) is 2.42. The molecule has 0 aliphatic heterocycles. The molecule has 0 aliphatic carbocycles. The van der Waals surface area contributed by atoms with Crippen molar-refractivity contribution in [2.24, 2.45) is 5.92 Å². The molecule has 15 heavy (non-hydrogen) atoms. The number of aryl methyl sites for hydroxylation is 1. The fourth-order valence-electron chi connectivity index (χ4n) is 1.53. The minimum atomic E-state index is 0.368. The highest BCUT2D eigenvalue weighted by Crippen LogP contribution is 2.12. The average Bonchev–Trinajstić information content (AvgIpc) is 2.58. The van der Waals surface area contributed by atoms with Crippen LogP contribution in [0.4, 0.5) is 0 Å². The second kappa shape index (κ2) is 5.50. The third-order valence-corrected chi connectivity index (χ3v) is 2.42. The van der Waals surface area contributed by atoms with E-state index in [0.29, 0.717) is 12.3 Å². The predicted molar refractivity (Wildman–Crippen MR) is 58.2 cm³/mol. The summed E-state index contributed by atoms with van der Waals surface area (Å²) >= 11 is 0. The molecule has 0 amide bonds. The summed E-state index contributed by atoms with van der Waals surface area (Å²) in [4.78, 5) is 0. The molecule has 0 radical (unpaired) electrons. The van der Waals surface area contributed by atoms with Crippen LogP contribution in [0, 0.1) is 17.2 Å². The first-order valence-corrected chi connectivity index (χ1v) is 5.47. The Balaban J connectivity index is 2.80. The normalized spacial score (nSPS) is 10.6.